The van der Waals surface area contributed by atoms with Crippen LogP contribution in [-0.2, 0) is 0 Å². The highest BCUT2D eigenvalue weighted by molar-refractivity contribution is 14.1. The molecule has 1 unspecified atom stereocenters. The minimum atomic E-state index is -0.428. The Morgan fingerprint density at radius 3 is 2.73 bits per heavy atom. The molecule has 0 amide bonds. The van der Waals surface area contributed by atoms with Crippen molar-refractivity contribution in [1.29, 1.82) is 0 Å². The van der Waals surface area contributed by atoms with E-state index in [4.69, 9.17) is 0 Å². The Balaban J connectivity index is 2.06. The maximum Gasteiger partial charge on any atom is 0.124 e. The van der Waals surface area contributed by atoms with Crippen LogP contribution in [0.2, 0.25) is 0 Å². The lowest BCUT2D eigenvalue weighted by molar-refractivity contribution is 0.118. The first-order valence-electron chi connectivity index (χ1n) is 5.30. The van der Waals surface area contributed by atoms with Gasteiger partial charge in [-0.1, -0.05) is 25.3 Å². The zero-order chi connectivity index (χ0) is 10.8. The van der Waals surface area contributed by atoms with Crippen LogP contribution in [0.3, 0.4) is 0 Å². The van der Waals surface area contributed by atoms with Crippen molar-refractivity contribution in [3.8, 4) is 0 Å². The third-order valence-corrected chi connectivity index (χ3v) is 4.04. The van der Waals surface area contributed by atoms with Gasteiger partial charge in [-0.15, -0.1) is 0 Å². The van der Waals surface area contributed by atoms with Gasteiger partial charge in [0.1, 0.15) is 5.82 Å². The Labute approximate surface area is 103 Å². The van der Waals surface area contributed by atoms with Crippen molar-refractivity contribution in [3.63, 3.8) is 0 Å². The van der Waals surface area contributed by atoms with E-state index in [-0.39, 0.29) is 5.82 Å². The topological polar surface area (TPSA) is 20.2 Å². The zero-order valence-corrected chi connectivity index (χ0v) is 10.6. The Morgan fingerprint density at radius 1 is 1.47 bits per heavy atom. The van der Waals surface area contributed by atoms with E-state index < -0.39 is 6.10 Å². The van der Waals surface area contributed by atoms with Crippen LogP contribution < -0.4 is 0 Å². The second kappa shape index (κ2) is 4.78. The van der Waals surface area contributed by atoms with Gasteiger partial charge in [-0.3, -0.25) is 0 Å². The van der Waals surface area contributed by atoms with Crippen LogP contribution in [0.25, 0.3) is 0 Å². The van der Waals surface area contributed by atoms with Gasteiger partial charge in [0.25, 0.3) is 0 Å². The summed E-state index contributed by atoms with van der Waals surface area (Å²) < 4.78 is 13.7. The van der Waals surface area contributed by atoms with E-state index in [1.54, 1.807) is 6.07 Å². The summed E-state index contributed by atoms with van der Waals surface area (Å²) in [4.78, 5) is 0. The molecule has 0 aromatic heterocycles. The first-order valence-corrected chi connectivity index (χ1v) is 6.37. The zero-order valence-electron chi connectivity index (χ0n) is 8.42. The second-order valence-corrected chi connectivity index (χ2v) is 5.38. The summed E-state index contributed by atoms with van der Waals surface area (Å²) in [5.74, 6) is 0.430. The molecule has 0 radical (unpaired) electrons. The summed E-state index contributed by atoms with van der Waals surface area (Å²) in [6, 6.07) is 4.59. The lowest BCUT2D eigenvalue weighted by atomic mass is 9.80. The molecular weight excluding hydrogens is 306 g/mol. The second-order valence-electron chi connectivity index (χ2n) is 4.21. The highest BCUT2D eigenvalue weighted by atomic mass is 127. The highest BCUT2D eigenvalue weighted by Gasteiger charge is 2.22. The number of benzene rings is 1. The van der Waals surface area contributed by atoms with E-state index in [0.29, 0.717) is 5.92 Å². The number of halogens is 2. The summed E-state index contributed by atoms with van der Waals surface area (Å²) in [6.07, 6.45) is 4.14. The predicted molar refractivity (Wildman–Crippen MR) is 66.0 cm³/mol. The lowest BCUT2D eigenvalue weighted by Crippen LogP contribution is -2.15. The van der Waals surface area contributed by atoms with Crippen molar-refractivity contribution >= 4 is 22.6 Å². The molecule has 0 spiro atoms. The summed E-state index contributed by atoms with van der Waals surface area (Å²) in [5.41, 5.74) is 0.865. The van der Waals surface area contributed by atoms with Crippen molar-refractivity contribution in [2.75, 3.05) is 0 Å². The maximum atomic E-state index is 12.9. The first kappa shape index (κ1) is 11.3. The van der Waals surface area contributed by atoms with Crippen LogP contribution in [0.15, 0.2) is 18.2 Å². The number of aliphatic hydroxyl groups is 1. The Bertz CT molecular complexity index is 349. The van der Waals surface area contributed by atoms with Gasteiger partial charge in [-0.05, 0) is 52.6 Å². The fraction of sp³-hybridized carbons (Fsp3) is 0.500. The van der Waals surface area contributed by atoms with Gasteiger partial charge in [0.05, 0.1) is 6.10 Å². The molecule has 1 atom stereocenters. The third kappa shape index (κ3) is 2.69. The average Bonchev–Trinajstić information content (AvgIpc) is 2.11. The lowest BCUT2D eigenvalue weighted by Gasteiger charge is -2.27. The van der Waals surface area contributed by atoms with Gasteiger partial charge in [0.2, 0.25) is 0 Å². The molecule has 1 aromatic rings. The average molecular weight is 320 g/mol. The molecule has 1 aliphatic rings. The molecule has 1 N–H and O–H groups in total. The summed E-state index contributed by atoms with van der Waals surface area (Å²) in [7, 11) is 0. The highest BCUT2D eigenvalue weighted by Crippen LogP contribution is 2.35. The molecule has 15 heavy (non-hydrogen) atoms. The standard InChI is InChI=1S/C12H14FIO/c13-9-4-5-10(11(14)7-9)12(15)6-8-2-1-3-8/h4-5,7-8,12,15H,1-3,6H2. The van der Waals surface area contributed by atoms with Gasteiger partial charge in [-0.25, -0.2) is 4.39 Å². The molecule has 3 heteroatoms. The van der Waals surface area contributed by atoms with Gasteiger partial charge in [-0.2, -0.15) is 0 Å². The molecule has 0 bridgehead atoms. The van der Waals surface area contributed by atoms with E-state index in [2.05, 4.69) is 22.6 Å². The largest absolute Gasteiger partial charge is 0.388 e. The van der Waals surface area contributed by atoms with Crippen LogP contribution in [0.1, 0.15) is 37.4 Å². The smallest absolute Gasteiger partial charge is 0.124 e. The molecule has 1 saturated carbocycles. The number of hydrogen-bond acceptors (Lipinski definition) is 1. The Morgan fingerprint density at radius 2 is 2.20 bits per heavy atom. The molecule has 0 heterocycles. The fourth-order valence-corrected chi connectivity index (χ4v) is 2.78. The van der Waals surface area contributed by atoms with Gasteiger partial charge in [0.15, 0.2) is 0 Å². The normalized spacial score (nSPS) is 18.6. The first-order chi connectivity index (χ1) is 7.16. The molecule has 0 saturated heterocycles. The third-order valence-electron chi connectivity index (χ3n) is 3.10. The van der Waals surface area contributed by atoms with Crippen LogP contribution >= 0.6 is 22.6 Å². The minimum Gasteiger partial charge on any atom is -0.388 e. The summed E-state index contributed by atoms with van der Waals surface area (Å²) in [5, 5.41) is 10.0. The Hall–Kier alpha value is -0.160. The van der Waals surface area contributed by atoms with Crippen LogP contribution in [0, 0.1) is 15.3 Å². The molecule has 1 aliphatic carbocycles. The SMILES string of the molecule is OC(CC1CCC1)c1ccc(F)cc1I. The fourth-order valence-electron chi connectivity index (χ4n) is 1.94. The van der Waals surface area contributed by atoms with Crippen molar-refractivity contribution in [1.82, 2.24) is 0 Å². The van der Waals surface area contributed by atoms with E-state index >= 15 is 0 Å². The molecule has 82 valence electrons. The maximum absolute atomic E-state index is 12.9. The number of aliphatic hydroxyl groups excluding tert-OH is 1. The number of hydrogen-bond donors (Lipinski definition) is 1. The van der Waals surface area contributed by atoms with E-state index in [1.165, 1.54) is 31.4 Å². The molecular formula is C12H14FIO. The van der Waals surface area contributed by atoms with Gasteiger partial charge in [0, 0.05) is 3.57 Å². The molecule has 1 nitrogen and oxygen atoms in total. The van der Waals surface area contributed by atoms with Crippen molar-refractivity contribution in [2.24, 2.45) is 5.92 Å². The van der Waals surface area contributed by atoms with Crippen molar-refractivity contribution in [2.45, 2.75) is 31.8 Å². The summed E-state index contributed by atoms with van der Waals surface area (Å²) >= 11 is 2.08. The van der Waals surface area contributed by atoms with Gasteiger partial charge < -0.3 is 5.11 Å². The molecule has 0 aliphatic heterocycles. The monoisotopic (exact) mass is 320 g/mol. The Kier molecular flexibility index (Phi) is 3.61. The van der Waals surface area contributed by atoms with Crippen LogP contribution in [0.4, 0.5) is 4.39 Å². The number of rotatable bonds is 3. The minimum absolute atomic E-state index is 0.237. The molecule has 1 fully saturated rings. The van der Waals surface area contributed by atoms with Gasteiger partial charge >= 0.3 is 0 Å². The molecule has 2 rings (SSSR count). The van der Waals surface area contributed by atoms with E-state index in [0.717, 1.165) is 15.6 Å². The van der Waals surface area contributed by atoms with Crippen LogP contribution in [-0.4, -0.2) is 5.11 Å². The van der Waals surface area contributed by atoms with Crippen molar-refractivity contribution in [3.05, 3.63) is 33.1 Å². The van der Waals surface area contributed by atoms with E-state index in [1.807, 2.05) is 0 Å². The van der Waals surface area contributed by atoms with E-state index in [9.17, 15) is 9.50 Å². The van der Waals surface area contributed by atoms with Crippen molar-refractivity contribution < 1.29 is 9.50 Å². The quantitative estimate of drug-likeness (QED) is 0.843. The van der Waals surface area contributed by atoms with Crippen LogP contribution in [0.5, 0.6) is 0 Å². The summed E-state index contributed by atoms with van der Waals surface area (Å²) in [6.45, 7) is 0. The predicted octanol–water partition coefficient (Wildman–Crippen LogP) is 3.65. The molecule has 1 aromatic carbocycles.